The molecule has 0 radical (unpaired) electrons. The van der Waals surface area contributed by atoms with E-state index >= 15 is 0 Å². The number of hydrogen-bond acceptors (Lipinski definition) is 2. The Kier molecular flexibility index (Phi) is 6.77. The first kappa shape index (κ1) is 29.5. The summed E-state index contributed by atoms with van der Waals surface area (Å²) in [6.07, 6.45) is 7.38. The number of nitrogens with zero attached hydrogens (tertiary/aromatic N) is 4. The zero-order valence-electron chi connectivity index (χ0n) is 27.1. The van der Waals surface area contributed by atoms with Crippen molar-refractivity contribution in [2.45, 2.75) is 0 Å². The Morgan fingerprint density at radius 3 is 1.10 bits per heavy atom. The maximum absolute atomic E-state index is 14.2. The molecule has 4 N–H and O–H groups in total. The number of benzene rings is 2. The summed E-state index contributed by atoms with van der Waals surface area (Å²) in [7, 11) is 3.93. The predicted molar refractivity (Wildman–Crippen MR) is 187 cm³/mol. The molecule has 8 nitrogen and oxygen atoms in total. The van der Waals surface area contributed by atoms with Gasteiger partial charge in [0.1, 0.15) is 23.3 Å². The number of nitrogens with one attached hydrogen (secondary N) is 4. The number of aryl methyl sites for hydroxylation is 2. The van der Waals surface area contributed by atoms with Crippen LogP contribution in [0.25, 0.3) is 22.3 Å². The highest BCUT2D eigenvalue weighted by Crippen LogP contribution is 2.27. The average molecular weight is 661 g/mol. The number of hydrogen-bond donors (Lipinski definition) is 4. The summed E-state index contributed by atoms with van der Waals surface area (Å²) < 4.78 is 32.3. The Morgan fingerprint density at radius 2 is 0.760 bits per heavy atom. The number of H-pyrrole nitrogens is 4. The van der Waals surface area contributed by atoms with Crippen LogP contribution in [0.5, 0.6) is 0 Å². The van der Waals surface area contributed by atoms with Gasteiger partial charge in [0.15, 0.2) is 0 Å². The second-order valence-corrected chi connectivity index (χ2v) is 12.4. The molecule has 0 aliphatic carbocycles. The van der Waals surface area contributed by atoms with Gasteiger partial charge in [-0.15, -0.1) is 0 Å². The molecule has 8 bridgehead atoms. The van der Waals surface area contributed by atoms with Gasteiger partial charge >= 0.3 is 0 Å². The molecule has 1 aliphatic heterocycles. The minimum atomic E-state index is -0.306. The first-order chi connectivity index (χ1) is 24.4. The van der Waals surface area contributed by atoms with Gasteiger partial charge in [0, 0.05) is 72.1 Å². The highest BCUT2D eigenvalue weighted by atomic mass is 19.1. The van der Waals surface area contributed by atoms with E-state index in [9.17, 15) is 8.78 Å². The van der Waals surface area contributed by atoms with E-state index in [1.807, 2.05) is 84.2 Å². The van der Waals surface area contributed by atoms with Gasteiger partial charge in [-0.25, -0.2) is 18.7 Å². The van der Waals surface area contributed by atoms with E-state index in [1.54, 1.807) is 36.7 Å². The highest BCUT2D eigenvalue weighted by Gasteiger charge is 2.20. The topological polar surface area (TPSA) is 98.8 Å². The van der Waals surface area contributed by atoms with Crippen molar-refractivity contribution in [1.29, 1.82) is 0 Å². The van der Waals surface area contributed by atoms with E-state index in [0.29, 0.717) is 0 Å². The van der Waals surface area contributed by atoms with Crippen molar-refractivity contribution in [2.75, 3.05) is 0 Å². The molecule has 50 heavy (non-hydrogen) atoms. The molecule has 0 atom stereocenters. The minimum absolute atomic E-state index is 0.306. The van der Waals surface area contributed by atoms with Gasteiger partial charge in [0.05, 0.1) is 33.2 Å². The Balaban J connectivity index is 1.44. The zero-order chi connectivity index (χ0) is 33.9. The van der Waals surface area contributed by atoms with Crippen LogP contribution in [0.3, 0.4) is 0 Å². The summed E-state index contributed by atoms with van der Waals surface area (Å²) in [6, 6.07) is 29.4. The Hall–Kier alpha value is -6.68. The van der Waals surface area contributed by atoms with Crippen molar-refractivity contribution >= 4 is 22.3 Å². The van der Waals surface area contributed by atoms with Crippen LogP contribution in [-0.2, 0) is 14.1 Å². The molecule has 0 saturated heterocycles. The van der Waals surface area contributed by atoms with Crippen molar-refractivity contribution in [3.05, 3.63) is 200 Å². The maximum atomic E-state index is 14.2. The lowest BCUT2D eigenvalue weighted by molar-refractivity contribution is 0.627. The number of aromatic nitrogens is 8. The highest BCUT2D eigenvalue weighted by molar-refractivity contribution is 5.83. The van der Waals surface area contributed by atoms with E-state index in [4.69, 9.17) is 9.97 Å². The molecule has 9 rings (SSSR count). The van der Waals surface area contributed by atoms with Crippen molar-refractivity contribution in [3.63, 3.8) is 0 Å². The number of imidazole rings is 2. The van der Waals surface area contributed by atoms with Crippen LogP contribution in [0.1, 0.15) is 45.6 Å². The normalized spacial score (nSPS) is 13.0. The fraction of sp³-hybridized carbons (Fsp3) is 0.0500. The summed E-state index contributed by atoms with van der Waals surface area (Å²) in [5.74, 6) is 0.913. The molecular formula is C40H30F2N8. The Morgan fingerprint density at radius 1 is 0.420 bits per heavy atom. The van der Waals surface area contributed by atoms with E-state index in [-0.39, 0.29) is 11.6 Å². The van der Waals surface area contributed by atoms with E-state index in [2.05, 4.69) is 19.9 Å². The summed E-state index contributed by atoms with van der Waals surface area (Å²) in [6.45, 7) is 0. The van der Waals surface area contributed by atoms with Gasteiger partial charge in [-0.1, -0.05) is 24.3 Å². The lowest BCUT2D eigenvalue weighted by atomic mass is 10.0. The number of aromatic amines is 4. The number of fused-ring (bicyclic) bond motifs is 8. The minimum Gasteiger partial charge on any atom is -0.354 e. The van der Waals surface area contributed by atoms with Gasteiger partial charge in [-0.3, -0.25) is 0 Å². The van der Waals surface area contributed by atoms with Crippen molar-refractivity contribution < 1.29 is 8.78 Å². The monoisotopic (exact) mass is 660 g/mol. The van der Waals surface area contributed by atoms with E-state index < -0.39 is 0 Å². The first-order valence-electron chi connectivity index (χ1n) is 16.2. The fourth-order valence-electron chi connectivity index (χ4n) is 6.88. The van der Waals surface area contributed by atoms with Gasteiger partial charge in [-0.2, -0.15) is 0 Å². The van der Waals surface area contributed by atoms with Crippen LogP contribution in [0, 0.1) is 11.6 Å². The van der Waals surface area contributed by atoms with Gasteiger partial charge in [0.2, 0.25) is 0 Å². The smallest absolute Gasteiger partial charge is 0.143 e. The standard InChI is InChI=1S/C40H30F2N8/c1-49-21-19-43-39(49)37-31-15-11-27(45-31)35(23-3-7-25(41)8-4-23)29-13-17-33(47-29)38(40-44-20-22-50(40)2)34-18-14-30(48-34)36(28-12-16-32(37)46-28)24-5-9-26(42)10-6-24/h3-22,45-48H,1-2H3. The largest absolute Gasteiger partial charge is 0.354 e. The third-order valence-corrected chi connectivity index (χ3v) is 9.25. The molecule has 0 fully saturated rings. The molecule has 2 aromatic carbocycles. The lowest BCUT2D eigenvalue weighted by Crippen LogP contribution is -2.20. The van der Waals surface area contributed by atoms with E-state index in [0.717, 1.165) is 89.2 Å². The molecule has 10 heteroatoms. The molecule has 0 saturated carbocycles. The quantitative estimate of drug-likeness (QED) is 0.229. The van der Waals surface area contributed by atoms with Gasteiger partial charge < -0.3 is 29.1 Å². The average Bonchev–Trinajstić information content (AvgIpc) is 3.97. The third-order valence-electron chi connectivity index (χ3n) is 9.25. The SMILES string of the molecule is Cn1ccnc1C1=c2ccc([nH]2)=C(c2ccc(F)cc2)c2ccc([nH]2)C(c2nccn2C)=c2ccc([nH]2)=C(c2ccc(F)cc2)c2ccc1[nH]2. The predicted octanol–water partition coefficient (Wildman–Crippen LogP) is 4.05. The molecule has 244 valence electrons. The van der Waals surface area contributed by atoms with Gasteiger partial charge in [-0.05, 0) is 83.9 Å². The molecule has 8 aromatic rings. The molecule has 6 aromatic heterocycles. The van der Waals surface area contributed by atoms with Crippen LogP contribution in [0.4, 0.5) is 8.78 Å². The number of halogens is 2. The number of rotatable bonds is 4. The van der Waals surface area contributed by atoms with Crippen LogP contribution in [0.15, 0.2) is 122 Å². The molecule has 7 heterocycles. The fourth-order valence-corrected chi connectivity index (χ4v) is 6.88. The lowest BCUT2D eigenvalue weighted by Gasteiger charge is -2.09. The molecule has 0 unspecified atom stereocenters. The van der Waals surface area contributed by atoms with Crippen LogP contribution in [0.2, 0.25) is 0 Å². The molecule has 1 aliphatic rings. The first-order valence-corrected chi connectivity index (χ1v) is 16.2. The second-order valence-electron chi connectivity index (χ2n) is 12.4. The van der Waals surface area contributed by atoms with Crippen LogP contribution >= 0.6 is 0 Å². The molecule has 0 amide bonds. The third kappa shape index (κ3) is 4.88. The molecular weight excluding hydrogens is 630 g/mol. The summed E-state index contributed by atoms with van der Waals surface area (Å²) in [5, 5.41) is 3.36. The summed E-state index contributed by atoms with van der Waals surface area (Å²) in [5.41, 5.74) is 8.52. The molecule has 0 spiro atoms. The summed E-state index contributed by atoms with van der Waals surface area (Å²) in [4.78, 5) is 24.2. The second kappa shape index (κ2) is 11.5. The van der Waals surface area contributed by atoms with E-state index in [1.165, 1.54) is 24.3 Å². The van der Waals surface area contributed by atoms with Crippen molar-refractivity contribution in [3.8, 4) is 0 Å². The zero-order valence-corrected chi connectivity index (χ0v) is 27.1. The maximum Gasteiger partial charge on any atom is 0.143 e. The Bertz CT molecular complexity index is 2600. The van der Waals surface area contributed by atoms with Crippen molar-refractivity contribution in [1.82, 2.24) is 39.0 Å². The van der Waals surface area contributed by atoms with Crippen LogP contribution in [-0.4, -0.2) is 39.0 Å². The van der Waals surface area contributed by atoms with Crippen molar-refractivity contribution in [2.24, 2.45) is 14.1 Å². The Labute approximate surface area is 284 Å². The summed E-state index contributed by atoms with van der Waals surface area (Å²) >= 11 is 0. The van der Waals surface area contributed by atoms with Crippen LogP contribution < -0.4 is 21.4 Å². The van der Waals surface area contributed by atoms with Gasteiger partial charge in [0.25, 0.3) is 0 Å².